The van der Waals surface area contributed by atoms with Crippen molar-refractivity contribution in [2.45, 2.75) is 32.6 Å². The van der Waals surface area contributed by atoms with E-state index in [4.69, 9.17) is 8.37 Å². The lowest BCUT2D eigenvalue weighted by Crippen LogP contribution is -2.08. The van der Waals surface area contributed by atoms with E-state index in [1.54, 1.807) is 52.0 Å². The third kappa shape index (κ3) is 8.02. The first kappa shape index (κ1) is 30.4. The Morgan fingerprint density at radius 3 is 1.60 bits per heavy atom. The molecule has 14 nitrogen and oxygen atoms in total. The van der Waals surface area contributed by atoms with Crippen LogP contribution in [-0.4, -0.2) is 60.1 Å². The fourth-order valence-electron chi connectivity index (χ4n) is 3.82. The van der Waals surface area contributed by atoms with E-state index >= 15 is 0 Å². The van der Waals surface area contributed by atoms with Gasteiger partial charge in [-0.1, -0.05) is 18.2 Å². The van der Waals surface area contributed by atoms with Gasteiger partial charge in [0, 0.05) is 23.0 Å². The highest BCUT2D eigenvalue weighted by molar-refractivity contribution is 7.87. The van der Waals surface area contributed by atoms with Gasteiger partial charge in [-0.25, -0.2) is 9.97 Å². The first-order valence-electron chi connectivity index (χ1n) is 12.3. The van der Waals surface area contributed by atoms with Gasteiger partial charge in [0.15, 0.2) is 5.75 Å². The maximum Gasteiger partial charge on any atom is 0.306 e. The summed E-state index contributed by atoms with van der Waals surface area (Å²) in [5.74, 6) is 2.55. The van der Waals surface area contributed by atoms with Gasteiger partial charge < -0.3 is 14.8 Å². The molecule has 4 rings (SSSR count). The molecule has 0 saturated carbocycles. The van der Waals surface area contributed by atoms with Crippen LogP contribution in [0.15, 0.2) is 41.3 Å². The number of benzene rings is 2. The zero-order valence-corrected chi connectivity index (χ0v) is 25.2. The largest absolute Gasteiger partial charge is 0.382 e. The van der Waals surface area contributed by atoms with Gasteiger partial charge in [0.2, 0.25) is 11.9 Å². The molecule has 16 heteroatoms. The molecule has 2 heterocycles. The molecule has 0 aliphatic carbocycles. The lowest BCUT2D eigenvalue weighted by Gasteiger charge is -2.12. The zero-order valence-electron chi connectivity index (χ0n) is 23.6. The van der Waals surface area contributed by atoms with Crippen LogP contribution in [0, 0.1) is 27.7 Å². The van der Waals surface area contributed by atoms with Crippen molar-refractivity contribution in [3.63, 3.8) is 0 Å². The second-order valence-electron chi connectivity index (χ2n) is 9.00. The van der Waals surface area contributed by atoms with Crippen LogP contribution in [0.5, 0.6) is 5.75 Å². The zero-order chi connectivity index (χ0) is 30.7. The van der Waals surface area contributed by atoms with Crippen molar-refractivity contribution in [3.05, 3.63) is 70.8 Å². The minimum atomic E-state index is -4.15. The SMILES string of the molecule is COS(=O)(=O)c1cc(Nc2nc(C)nc(C)n2)ccc1/C=C/c1ccc(Nc2nc(C)nc(C)n2)cc1OS(C)(=O)=O. The Morgan fingerprint density at radius 2 is 1.12 bits per heavy atom. The van der Waals surface area contributed by atoms with E-state index in [2.05, 4.69) is 40.5 Å². The number of anilines is 4. The van der Waals surface area contributed by atoms with Gasteiger partial charge in [-0.05, 0) is 57.5 Å². The average Bonchev–Trinajstić information content (AvgIpc) is 2.86. The molecular weight excluding hydrogens is 584 g/mol. The average molecular weight is 613 g/mol. The van der Waals surface area contributed by atoms with Crippen LogP contribution in [0.4, 0.5) is 23.3 Å². The van der Waals surface area contributed by atoms with Gasteiger partial charge in [-0.3, -0.25) is 4.18 Å². The summed E-state index contributed by atoms with van der Waals surface area (Å²) in [6.45, 7) is 6.88. The van der Waals surface area contributed by atoms with Crippen molar-refractivity contribution in [1.82, 2.24) is 29.9 Å². The molecule has 0 radical (unpaired) electrons. The highest BCUT2D eigenvalue weighted by atomic mass is 32.2. The third-order valence-corrected chi connectivity index (χ3v) is 7.24. The summed E-state index contributed by atoms with van der Waals surface area (Å²) in [6.07, 6.45) is 3.95. The minimum Gasteiger partial charge on any atom is -0.382 e. The lowest BCUT2D eigenvalue weighted by atomic mass is 10.1. The van der Waals surface area contributed by atoms with Crippen molar-refractivity contribution in [3.8, 4) is 5.75 Å². The van der Waals surface area contributed by atoms with Crippen molar-refractivity contribution in [2.75, 3.05) is 24.0 Å². The topological polar surface area (TPSA) is 188 Å². The number of aromatic nitrogens is 6. The summed E-state index contributed by atoms with van der Waals surface area (Å²) in [4.78, 5) is 25.0. The molecule has 0 spiro atoms. The van der Waals surface area contributed by atoms with E-state index in [-0.39, 0.29) is 28.1 Å². The Bertz CT molecular complexity index is 1860. The Labute approximate surface area is 243 Å². The molecule has 0 aliphatic heterocycles. The number of nitrogens with zero attached hydrogens (tertiary/aromatic N) is 6. The van der Waals surface area contributed by atoms with Gasteiger partial charge >= 0.3 is 10.1 Å². The quantitative estimate of drug-likeness (QED) is 0.195. The Balaban J connectivity index is 1.71. The maximum absolute atomic E-state index is 12.8. The van der Waals surface area contributed by atoms with Crippen LogP contribution in [0.1, 0.15) is 34.4 Å². The highest BCUT2D eigenvalue weighted by Gasteiger charge is 2.19. The molecule has 0 unspecified atom stereocenters. The summed E-state index contributed by atoms with van der Waals surface area (Å²) in [5, 5.41) is 5.98. The molecule has 0 bridgehead atoms. The monoisotopic (exact) mass is 612 g/mol. The number of aryl methyl sites for hydroxylation is 4. The van der Waals surface area contributed by atoms with E-state index < -0.39 is 20.2 Å². The molecular formula is C26H28N8O6S2. The molecule has 4 aromatic rings. The Morgan fingerprint density at radius 1 is 0.667 bits per heavy atom. The number of nitrogens with one attached hydrogen (secondary N) is 2. The summed E-state index contributed by atoms with van der Waals surface area (Å²) in [6, 6.07) is 9.32. The molecule has 2 aromatic carbocycles. The summed E-state index contributed by atoms with van der Waals surface area (Å²) in [5.41, 5.74) is 1.48. The summed E-state index contributed by atoms with van der Waals surface area (Å²) < 4.78 is 59.7. The molecule has 42 heavy (non-hydrogen) atoms. The first-order valence-corrected chi connectivity index (χ1v) is 15.5. The summed E-state index contributed by atoms with van der Waals surface area (Å²) >= 11 is 0. The molecule has 0 atom stereocenters. The standard InChI is InChI=1S/C26H28N8O6S2/c1-15-27-16(2)30-25(29-15)33-21-11-9-19(23(13-21)40-41(6,35)36)7-8-20-10-12-22(14-24(20)42(37,38)39-5)34-26-31-17(3)28-18(4)32-26/h7-14H,1-6H3,(H,27,29,30,33)(H,28,31,32,34)/b8-7+. The van der Waals surface area contributed by atoms with E-state index in [9.17, 15) is 16.8 Å². The minimum absolute atomic E-state index is 0.00346. The van der Waals surface area contributed by atoms with Crippen LogP contribution in [0.25, 0.3) is 12.2 Å². The van der Waals surface area contributed by atoms with Crippen LogP contribution in [0.2, 0.25) is 0 Å². The smallest absolute Gasteiger partial charge is 0.306 e. The highest BCUT2D eigenvalue weighted by Crippen LogP contribution is 2.30. The fraction of sp³-hybridized carbons (Fsp3) is 0.231. The van der Waals surface area contributed by atoms with Gasteiger partial charge in [-0.2, -0.15) is 36.8 Å². The van der Waals surface area contributed by atoms with Gasteiger partial charge in [-0.15, -0.1) is 0 Å². The summed E-state index contributed by atoms with van der Waals surface area (Å²) in [7, 11) is -7.00. The van der Waals surface area contributed by atoms with Crippen molar-refractivity contribution in [2.24, 2.45) is 0 Å². The molecule has 0 saturated heterocycles. The van der Waals surface area contributed by atoms with E-state index in [0.29, 0.717) is 40.2 Å². The normalized spacial score (nSPS) is 12.0. The van der Waals surface area contributed by atoms with Crippen LogP contribution in [-0.2, 0) is 24.4 Å². The Kier molecular flexibility index (Phi) is 8.79. The van der Waals surface area contributed by atoms with Crippen molar-refractivity contribution < 1.29 is 25.2 Å². The Hall–Kier alpha value is -4.54. The number of hydrogen-bond donors (Lipinski definition) is 2. The van der Waals surface area contributed by atoms with Gasteiger partial charge in [0.05, 0.1) is 13.4 Å². The second kappa shape index (κ2) is 12.1. The molecule has 220 valence electrons. The first-order chi connectivity index (χ1) is 19.7. The van der Waals surface area contributed by atoms with E-state index in [0.717, 1.165) is 13.4 Å². The predicted molar refractivity (Wildman–Crippen MR) is 157 cm³/mol. The number of hydrogen-bond acceptors (Lipinski definition) is 14. The predicted octanol–water partition coefficient (Wildman–Crippen LogP) is 3.62. The van der Waals surface area contributed by atoms with Crippen molar-refractivity contribution in [1.29, 1.82) is 0 Å². The maximum atomic E-state index is 12.8. The number of rotatable bonds is 10. The molecule has 0 fully saturated rings. The van der Waals surface area contributed by atoms with Crippen LogP contribution < -0.4 is 14.8 Å². The molecule has 0 amide bonds. The third-order valence-electron chi connectivity index (χ3n) is 5.43. The fourth-order valence-corrected chi connectivity index (χ4v) is 5.17. The van der Waals surface area contributed by atoms with Gasteiger partial charge in [0.1, 0.15) is 28.2 Å². The van der Waals surface area contributed by atoms with Crippen LogP contribution in [0.3, 0.4) is 0 Å². The molecule has 2 aromatic heterocycles. The van der Waals surface area contributed by atoms with Crippen LogP contribution >= 0.6 is 0 Å². The molecule has 0 aliphatic rings. The van der Waals surface area contributed by atoms with E-state index in [1.165, 1.54) is 24.3 Å². The van der Waals surface area contributed by atoms with Crippen molar-refractivity contribution >= 4 is 55.7 Å². The van der Waals surface area contributed by atoms with Gasteiger partial charge in [0.25, 0.3) is 10.1 Å². The lowest BCUT2D eigenvalue weighted by molar-refractivity contribution is 0.397. The van der Waals surface area contributed by atoms with E-state index in [1.807, 2.05) is 0 Å². The molecule has 2 N–H and O–H groups in total. The second-order valence-corrected chi connectivity index (χ2v) is 12.3.